The highest BCUT2D eigenvalue weighted by Crippen LogP contribution is 2.36. The number of aromatic nitrogens is 1. The Morgan fingerprint density at radius 3 is 2.75 bits per heavy atom. The van der Waals surface area contributed by atoms with E-state index in [2.05, 4.69) is 9.71 Å². The maximum Gasteiger partial charge on any atom is 0.501 e. The predicted octanol–water partition coefficient (Wildman–Crippen LogP) is 1.68. The molecule has 1 aromatic heterocycles. The Labute approximate surface area is 171 Å². The Balaban J connectivity index is 1.72. The standard InChI is InChI=1S/C17H18ClN4O4S2/c1-17(5-6-17)20-28(25,26)11-3-4-13-12(7-11)14(23)21(2)16(24)22(13)9-10-8-19-15(18)27-10/h3-4,7-8,11,20H,5-6,9H2,1-2H3/q+1. The second-order valence-electron chi connectivity index (χ2n) is 7.31. The van der Waals surface area contributed by atoms with E-state index in [9.17, 15) is 18.0 Å². The van der Waals surface area contributed by atoms with E-state index < -0.39 is 32.8 Å². The van der Waals surface area contributed by atoms with E-state index in [0.717, 1.165) is 22.6 Å². The van der Waals surface area contributed by atoms with Gasteiger partial charge in [-0.1, -0.05) is 17.7 Å². The number of allylic oxidation sites excluding steroid dienone is 1. The number of nitrogens with one attached hydrogen (secondary N) is 1. The molecule has 0 spiro atoms. The van der Waals surface area contributed by atoms with E-state index in [1.54, 1.807) is 6.20 Å². The highest BCUT2D eigenvalue weighted by Gasteiger charge is 2.46. The van der Waals surface area contributed by atoms with Crippen molar-refractivity contribution in [2.45, 2.75) is 37.1 Å². The van der Waals surface area contributed by atoms with Gasteiger partial charge >= 0.3 is 11.9 Å². The third-order valence-corrected chi connectivity index (χ3v) is 7.87. The highest BCUT2D eigenvalue weighted by molar-refractivity contribution is 7.90. The zero-order chi connectivity index (χ0) is 20.3. The van der Waals surface area contributed by atoms with Gasteiger partial charge in [0.2, 0.25) is 10.0 Å². The summed E-state index contributed by atoms with van der Waals surface area (Å²) in [6.07, 6.45) is 7.57. The predicted molar refractivity (Wildman–Crippen MR) is 105 cm³/mol. The number of rotatable bonds is 5. The minimum atomic E-state index is -3.68. The van der Waals surface area contributed by atoms with Gasteiger partial charge in [-0.15, -0.1) is 11.3 Å². The average Bonchev–Trinajstić information content (AvgIpc) is 3.20. The Morgan fingerprint density at radius 2 is 2.14 bits per heavy atom. The lowest BCUT2D eigenvalue weighted by molar-refractivity contribution is -0.451. The van der Waals surface area contributed by atoms with Crippen molar-refractivity contribution in [1.29, 1.82) is 0 Å². The first kappa shape index (κ1) is 19.4. The maximum atomic E-state index is 12.7. The number of hydrogen-bond donors (Lipinski definition) is 1. The molecule has 0 saturated heterocycles. The summed E-state index contributed by atoms with van der Waals surface area (Å²) in [4.78, 5) is 31.0. The van der Waals surface area contributed by atoms with Crippen molar-refractivity contribution in [3.63, 3.8) is 0 Å². The van der Waals surface area contributed by atoms with Crippen molar-refractivity contribution in [2.24, 2.45) is 0 Å². The van der Waals surface area contributed by atoms with Crippen LogP contribution in [0.4, 0.5) is 4.79 Å². The van der Waals surface area contributed by atoms with Gasteiger partial charge in [0, 0.05) is 11.7 Å². The normalized spacial score (nSPS) is 23.8. The summed E-state index contributed by atoms with van der Waals surface area (Å²) in [5.74, 6) is -0.527. The molecule has 2 heterocycles. The van der Waals surface area contributed by atoms with Crippen LogP contribution in [0.3, 0.4) is 0 Å². The molecule has 1 fully saturated rings. The Hall–Kier alpha value is -1.88. The lowest BCUT2D eigenvalue weighted by Gasteiger charge is -2.24. The van der Waals surface area contributed by atoms with Crippen LogP contribution in [-0.2, 0) is 21.4 Å². The van der Waals surface area contributed by atoms with Crippen LogP contribution in [0, 0.1) is 0 Å². The molecule has 1 N–H and O–H groups in total. The van der Waals surface area contributed by atoms with Crippen LogP contribution in [0.1, 0.15) is 24.6 Å². The van der Waals surface area contributed by atoms with Crippen LogP contribution in [0.2, 0.25) is 4.47 Å². The largest absolute Gasteiger partial charge is 0.501 e. The summed E-state index contributed by atoms with van der Waals surface area (Å²) < 4.78 is 29.9. The van der Waals surface area contributed by atoms with E-state index in [0.29, 0.717) is 10.2 Å². The zero-order valence-electron chi connectivity index (χ0n) is 15.2. The van der Waals surface area contributed by atoms with Crippen molar-refractivity contribution in [2.75, 3.05) is 7.05 Å². The van der Waals surface area contributed by atoms with Crippen LogP contribution in [0.25, 0.3) is 0 Å². The van der Waals surface area contributed by atoms with Crippen molar-refractivity contribution in [1.82, 2.24) is 14.6 Å². The number of carbonyl (C=O) groups is 2. The summed E-state index contributed by atoms with van der Waals surface area (Å²) >= 11 is 7.10. The summed E-state index contributed by atoms with van der Waals surface area (Å²) in [5.41, 5.74) is 0.161. The molecule has 1 aliphatic heterocycles. The molecule has 1 unspecified atom stereocenters. The van der Waals surface area contributed by atoms with Gasteiger partial charge in [0.25, 0.3) is 0 Å². The van der Waals surface area contributed by atoms with Crippen LogP contribution >= 0.6 is 22.9 Å². The SMILES string of the molecule is CN1C(=O)C2=CC(S(=O)(=O)NC3(C)CC3)C=CC2=[N+](Cc2cnc(Cl)s2)C1=O. The average molecular weight is 442 g/mol. The van der Waals surface area contributed by atoms with Gasteiger partial charge < -0.3 is 0 Å². The number of carbonyl (C=O) groups excluding carboxylic acids is 2. The molecule has 1 saturated carbocycles. The quantitative estimate of drug-likeness (QED) is 0.701. The number of amides is 3. The Morgan fingerprint density at radius 1 is 1.43 bits per heavy atom. The van der Waals surface area contributed by atoms with E-state index >= 15 is 0 Å². The van der Waals surface area contributed by atoms with Crippen LogP contribution in [0.5, 0.6) is 0 Å². The van der Waals surface area contributed by atoms with Gasteiger partial charge in [0.05, 0.1) is 11.9 Å². The van der Waals surface area contributed by atoms with E-state index in [-0.39, 0.29) is 12.1 Å². The first-order chi connectivity index (χ1) is 13.1. The van der Waals surface area contributed by atoms with Crippen LogP contribution in [-0.4, -0.2) is 58.4 Å². The topological polar surface area (TPSA) is 99.5 Å². The fourth-order valence-electron chi connectivity index (χ4n) is 3.11. The van der Waals surface area contributed by atoms with Gasteiger partial charge in [-0.05, 0) is 31.9 Å². The molecule has 1 atom stereocenters. The summed E-state index contributed by atoms with van der Waals surface area (Å²) in [6, 6.07) is -0.490. The van der Waals surface area contributed by atoms with Crippen LogP contribution < -0.4 is 4.72 Å². The number of imide groups is 1. The van der Waals surface area contributed by atoms with Gasteiger partial charge in [0.15, 0.2) is 4.47 Å². The summed E-state index contributed by atoms with van der Waals surface area (Å²) in [6.45, 7) is 2.04. The molecule has 2 aliphatic carbocycles. The first-order valence-electron chi connectivity index (χ1n) is 8.59. The number of halogens is 1. The molecule has 3 amide bonds. The Bertz CT molecular complexity index is 1080. The van der Waals surface area contributed by atoms with Crippen molar-refractivity contribution >= 4 is 50.6 Å². The maximum absolute atomic E-state index is 12.7. The molecule has 28 heavy (non-hydrogen) atoms. The molecular formula is C17H18ClN4O4S2+. The van der Waals surface area contributed by atoms with Gasteiger partial charge in [-0.2, -0.15) is 14.3 Å². The smallest absolute Gasteiger partial charge is 0.241 e. The third-order valence-electron chi connectivity index (χ3n) is 4.98. The summed E-state index contributed by atoms with van der Waals surface area (Å²) in [7, 11) is -2.31. The molecule has 0 radical (unpaired) electrons. The van der Waals surface area contributed by atoms with E-state index in [4.69, 9.17) is 11.6 Å². The second kappa shape index (κ2) is 6.58. The number of urea groups is 1. The highest BCUT2D eigenvalue weighted by atomic mass is 35.5. The van der Waals surface area contributed by atoms with Gasteiger partial charge in [-0.3, -0.25) is 0 Å². The number of sulfonamides is 1. The van der Waals surface area contributed by atoms with Crippen molar-refractivity contribution in [3.05, 3.63) is 39.3 Å². The molecular weight excluding hydrogens is 424 g/mol. The summed E-state index contributed by atoms with van der Waals surface area (Å²) in [5, 5.41) is -0.978. The minimum Gasteiger partial charge on any atom is -0.241 e. The number of likely N-dealkylation sites (N-methyl/N-ethyl adjacent to an activating group) is 1. The van der Waals surface area contributed by atoms with Crippen molar-refractivity contribution in [3.8, 4) is 0 Å². The third kappa shape index (κ3) is 3.45. The lowest BCUT2D eigenvalue weighted by atomic mass is 10.00. The monoisotopic (exact) mass is 441 g/mol. The molecule has 1 aromatic rings. The molecule has 11 heteroatoms. The van der Waals surface area contributed by atoms with Gasteiger partial charge in [0.1, 0.15) is 23.1 Å². The number of fused-ring (bicyclic) bond motifs is 1. The van der Waals surface area contributed by atoms with Gasteiger partial charge in [-0.25, -0.2) is 22.9 Å². The lowest BCUT2D eigenvalue weighted by Crippen LogP contribution is -2.50. The number of hydrogen-bond acceptors (Lipinski definition) is 6. The fraction of sp³-hybridized carbons (Fsp3) is 0.412. The number of thiazole rings is 1. The van der Waals surface area contributed by atoms with Crippen LogP contribution in [0.15, 0.2) is 30.0 Å². The van der Waals surface area contributed by atoms with E-state index in [1.807, 2.05) is 6.92 Å². The number of nitrogens with zero attached hydrogens (tertiary/aromatic N) is 3. The zero-order valence-corrected chi connectivity index (χ0v) is 17.6. The van der Waals surface area contributed by atoms with Crippen molar-refractivity contribution < 1.29 is 22.6 Å². The molecule has 0 bridgehead atoms. The molecule has 8 nitrogen and oxygen atoms in total. The molecule has 148 valence electrons. The first-order valence-corrected chi connectivity index (χ1v) is 11.3. The molecule has 3 aliphatic rings. The van der Waals surface area contributed by atoms with E-state index in [1.165, 1.54) is 41.2 Å². The fourth-order valence-corrected chi connectivity index (χ4v) is 5.70. The minimum absolute atomic E-state index is 0.186. The molecule has 4 rings (SSSR count). The Kier molecular flexibility index (Phi) is 4.57. The molecule has 0 aromatic carbocycles. The second-order valence-corrected chi connectivity index (χ2v) is 10.8.